The molecule has 2 aliphatic heterocycles. The highest BCUT2D eigenvalue weighted by Gasteiger charge is 2.33. The van der Waals surface area contributed by atoms with Gasteiger partial charge in [0.15, 0.2) is 17.3 Å². The standard InChI is InChI=1S/C13H12O5S.C9H13NO2/c1-6-12(14)8-4-10-9(17-5-18-10)2-7(8)3-11(19-6)13(15)16;10-8(6-11)9(12)7-4-2-1-3-5-7/h2,4,6,11H,3,5H2,1H3,(H,15,16);1-5,8-9,11-12H,6,10H2/t6-,11-;8?,9-/m00/s1. The van der Waals surface area contributed by atoms with Crippen molar-refractivity contribution in [2.24, 2.45) is 5.73 Å². The Hall–Kier alpha value is -2.59. The van der Waals surface area contributed by atoms with E-state index in [1.807, 2.05) is 18.2 Å². The summed E-state index contributed by atoms with van der Waals surface area (Å²) in [4.78, 5) is 23.5. The number of Topliss-reactive ketones (excluding diaryl/α,β-unsaturated/α-hetero) is 1. The van der Waals surface area contributed by atoms with Crippen molar-refractivity contribution in [2.45, 2.75) is 36.0 Å². The molecule has 4 atom stereocenters. The van der Waals surface area contributed by atoms with Gasteiger partial charge in [-0.3, -0.25) is 9.59 Å². The number of benzene rings is 2. The number of aliphatic carboxylic acids is 1. The van der Waals surface area contributed by atoms with Crippen LogP contribution in [0.15, 0.2) is 42.5 Å². The van der Waals surface area contributed by atoms with Gasteiger partial charge in [0.1, 0.15) is 5.25 Å². The second-order valence-corrected chi connectivity index (χ2v) is 8.79. The van der Waals surface area contributed by atoms with Gasteiger partial charge >= 0.3 is 5.97 Å². The van der Waals surface area contributed by atoms with Crippen molar-refractivity contribution < 1.29 is 34.4 Å². The molecule has 0 bridgehead atoms. The molecule has 31 heavy (non-hydrogen) atoms. The summed E-state index contributed by atoms with van der Waals surface area (Å²) in [6, 6.07) is 11.9. The molecule has 0 amide bonds. The highest BCUT2D eigenvalue weighted by Crippen LogP contribution is 2.39. The van der Waals surface area contributed by atoms with Crippen molar-refractivity contribution in [1.29, 1.82) is 0 Å². The number of fused-ring (bicyclic) bond motifs is 2. The number of ether oxygens (including phenoxy) is 2. The smallest absolute Gasteiger partial charge is 0.316 e. The van der Waals surface area contributed by atoms with Crippen LogP contribution in [-0.2, 0) is 11.2 Å². The number of carbonyl (C=O) groups excluding carboxylic acids is 1. The summed E-state index contributed by atoms with van der Waals surface area (Å²) < 4.78 is 10.5. The van der Waals surface area contributed by atoms with Crippen LogP contribution in [0.1, 0.15) is 34.5 Å². The number of carbonyl (C=O) groups is 2. The Morgan fingerprint density at radius 2 is 1.87 bits per heavy atom. The number of rotatable bonds is 4. The van der Waals surface area contributed by atoms with Crippen LogP contribution in [0.5, 0.6) is 11.5 Å². The van der Waals surface area contributed by atoms with Crippen molar-refractivity contribution in [3.8, 4) is 11.5 Å². The Bertz CT molecular complexity index is 937. The largest absolute Gasteiger partial charge is 0.480 e. The van der Waals surface area contributed by atoms with Gasteiger partial charge in [-0.25, -0.2) is 0 Å². The molecule has 0 saturated heterocycles. The van der Waals surface area contributed by atoms with Crippen LogP contribution in [-0.4, -0.2) is 57.0 Å². The van der Waals surface area contributed by atoms with Crippen LogP contribution in [0.2, 0.25) is 0 Å². The molecule has 0 spiro atoms. The molecule has 2 heterocycles. The first-order valence-electron chi connectivity index (χ1n) is 9.76. The summed E-state index contributed by atoms with van der Waals surface area (Å²) in [5.74, 6) is 0.186. The van der Waals surface area contributed by atoms with Gasteiger partial charge in [-0.2, -0.15) is 0 Å². The second-order valence-electron chi connectivity index (χ2n) is 7.24. The lowest BCUT2D eigenvalue weighted by Gasteiger charge is -2.16. The van der Waals surface area contributed by atoms with Crippen molar-refractivity contribution in [2.75, 3.05) is 13.4 Å². The number of hydrogen-bond donors (Lipinski definition) is 4. The maximum absolute atomic E-state index is 12.3. The molecule has 166 valence electrons. The molecule has 8 nitrogen and oxygen atoms in total. The Kier molecular flexibility index (Phi) is 7.55. The van der Waals surface area contributed by atoms with Gasteiger partial charge in [0.2, 0.25) is 6.79 Å². The van der Waals surface area contributed by atoms with E-state index < -0.39 is 23.4 Å². The van der Waals surface area contributed by atoms with Crippen molar-refractivity contribution >= 4 is 23.5 Å². The van der Waals surface area contributed by atoms with Crippen LogP contribution >= 0.6 is 11.8 Å². The monoisotopic (exact) mass is 447 g/mol. The topological polar surface area (TPSA) is 139 Å². The molecule has 1 unspecified atom stereocenters. The quantitative estimate of drug-likeness (QED) is 0.552. The molecule has 0 aliphatic carbocycles. The SMILES string of the molecule is C[C@@H]1S[C@H](C(=O)O)Cc2cc3c(cc2C1=O)OCO3.NC(CO)[C@@H](O)c1ccccc1. The molecule has 0 fully saturated rings. The number of carboxylic acid groups (broad SMARTS) is 1. The summed E-state index contributed by atoms with van der Waals surface area (Å²) in [6.07, 6.45) is -0.460. The number of aliphatic hydroxyl groups is 2. The Morgan fingerprint density at radius 1 is 1.23 bits per heavy atom. The number of nitrogens with two attached hydrogens (primary N) is 1. The van der Waals surface area contributed by atoms with E-state index in [0.29, 0.717) is 23.5 Å². The summed E-state index contributed by atoms with van der Waals surface area (Å²) in [7, 11) is 0. The minimum Gasteiger partial charge on any atom is -0.480 e. The second kappa shape index (κ2) is 10.1. The first-order valence-corrected chi connectivity index (χ1v) is 10.7. The van der Waals surface area contributed by atoms with Gasteiger partial charge in [0, 0.05) is 5.56 Å². The summed E-state index contributed by atoms with van der Waals surface area (Å²) in [5.41, 5.74) is 7.45. The zero-order chi connectivity index (χ0) is 22.5. The fourth-order valence-corrected chi connectivity index (χ4v) is 4.44. The first-order chi connectivity index (χ1) is 14.8. The normalized spacial score (nSPS) is 21.2. The Labute approximate surface area is 184 Å². The van der Waals surface area contributed by atoms with E-state index in [4.69, 9.17) is 20.3 Å². The van der Waals surface area contributed by atoms with Crippen molar-refractivity contribution in [3.63, 3.8) is 0 Å². The molecular formula is C22H25NO7S. The van der Waals surface area contributed by atoms with Crippen LogP contribution in [0, 0.1) is 0 Å². The fourth-order valence-electron chi connectivity index (χ4n) is 3.30. The van der Waals surface area contributed by atoms with E-state index in [-0.39, 0.29) is 24.4 Å². The predicted molar refractivity (Wildman–Crippen MR) is 116 cm³/mol. The third kappa shape index (κ3) is 5.37. The van der Waals surface area contributed by atoms with E-state index in [0.717, 1.165) is 11.1 Å². The molecule has 5 N–H and O–H groups in total. The van der Waals surface area contributed by atoms with E-state index in [1.54, 1.807) is 31.2 Å². The zero-order valence-electron chi connectivity index (χ0n) is 16.9. The number of carboxylic acids is 1. The predicted octanol–water partition coefficient (Wildman–Crippen LogP) is 1.77. The lowest BCUT2D eigenvalue weighted by Crippen LogP contribution is -2.31. The van der Waals surface area contributed by atoms with Gasteiger partial charge in [0.25, 0.3) is 0 Å². The Balaban J connectivity index is 0.000000196. The minimum atomic E-state index is -0.893. The highest BCUT2D eigenvalue weighted by atomic mass is 32.2. The molecule has 2 aliphatic rings. The lowest BCUT2D eigenvalue weighted by molar-refractivity contribution is -0.136. The maximum Gasteiger partial charge on any atom is 0.316 e. The molecule has 0 saturated carbocycles. The lowest BCUT2D eigenvalue weighted by atomic mass is 9.97. The number of ketones is 1. The van der Waals surface area contributed by atoms with Crippen LogP contribution < -0.4 is 15.2 Å². The van der Waals surface area contributed by atoms with E-state index in [1.165, 1.54) is 11.8 Å². The van der Waals surface area contributed by atoms with Gasteiger partial charge < -0.3 is 30.5 Å². The minimum absolute atomic E-state index is 0.0537. The molecule has 2 aromatic rings. The average molecular weight is 448 g/mol. The van der Waals surface area contributed by atoms with E-state index in [2.05, 4.69) is 0 Å². The van der Waals surface area contributed by atoms with Crippen LogP contribution in [0.25, 0.3) is 0 Å². The summed E-state index contributed by atoms with van der Waals surface area (Å²) in [6.45, 7) is 1.66. The molecular weight excluding hydrogens is 422 g/mol. The first kappa shape index (κ1) is 23.1. The summed E-state index contributed by atoms with van der Waals surface area (Å²) >= 11 is 1.19. The summed E-state index contributed by atoms with van der Waals surface area (Å²) in [5, 5.41) is 26.4. The number of aliphatic hydroxyl groups excluding tert-OH is 2. The molecule has 4 rings (SSSR count). The molecule has 0 aromatic heterocycles. The fraction of sp³-hybridized carbons (Fsp3) is 0.364. The van der Waals surface area contributed by atoms with Crippen molar-refractivity contribution in [3.05, 3.63) is 59.2 Å². The maximum atomic E-state index is 12.3. The van der Waals surface area contributed by atoms with Gasteiger partial charge in [0.05, 0.1) is 24.0 Å². The third-order valence-corrected chi connectivity index (χ3v) is 6.36. The number of thioether (sulfide) groups is 1. The van der Waals surface area contributed by atoms with Gasteiger partial charge in [-0.15, -0.1) is 11.8 Å². The molecule has 9 heteroatoms. The van der Waals surface area contributed by atoms with Crippen LogP contribution in [0.4, 0.5) is 0 Å². The van der Waals surface area contributed by atoms with Crippen molar-refractivity contribution in [1.82, 2.24) is 0 Å². The number of hydrogen-bond acceptors (Lipinski definition) is 8. The van der Waals surface area contributed by atoms with Gasteiger partial charge in [-0.05, 0) is 36.6 Å². The third-order valence-electron chi connectivity index (χ3n) is 5.04. The van der Waals surface area contributed by atoms with E-state index >= 15 is 0 Å². The average Bonchev–Trinajstić information content (AvgIpc) is 3.20. The van der Waals surface area contributed by atoms with Gasteiger partial charge in [-0.1, -0.05) is 30.3 Å². The van der Waals surface area contributed by atoms with Crippen LogP contribution in [0.3, 0.4) is 0 Å². The molecule has 2 aromatic carbocycles. The van der Waals surface area contributed by atoms with E-state index in [9.17, 15) is 19.8 Å². The zero-order valence-corrected chi connectivity index (χ0v) is 17.7. The molecule has 0 radical (unpaired) electrons. The highest BCUT2D eigenvalue weighted by molar-refractivity contribution is 8.01. The Morgan fingerprint density at radius 3 is 2.48 bits per heavy atom.